The predicted molar refractivity (Wildman–Crippen MR) is 93.0 cm³/mol. The number of carbonyl (C=O) groups is 1. The Morgan fingerprint density at radius 2 is 1.70 bits per heavy atom. The van der Waals surface area contributed by atoms with Crippen LogP contribution in [-0.4, -0.2) is 45.1 Å². The molecule has 0 aliphatic heterocycles. The average molecular weight is 338 g/mol. The van der Waals surface area contributed by atoms with Crippen molar-refractivity contribution in [1.29, 1.82) is 0 Å². The summed E-state index contributed by atoms with van der Waals surface area (Å²) in [5.74, 6) is -0.150. The van der Waals surface area contributed by atoms with Crippen molar-refractivity contribution in [2.45, 2.75) is 45.1 Å². The van der Waals surface area contributed by atoms with Gasteiger partial charge >= 0.3 is 0 Å². The molecule has 128 valence electrons. The normalized spacial score (nSPS) is 16.1. The molecule has 1 aliphatic rings. The fourth-order valence-corrected chi connectivity index (χ4v) is 3.87. The number of carbonyl (C=O) groups excluding carboxylic acids is 1. The molecule has 0 unspecified atom stereocenters. The molecular formula is C17H26N2O3S. The second-order valence-electron chi connectivity index (χ2n) is 6.40. The number of sulfonamides is 1. The maximum atomic E-state index is 12.6. The van der Waals surface area contributed by atoms with Crippen LogP contribution in [0.25, 0.3) is 0 Å². The van der Waals surface area contributed by atoms with Gasteiger partial charge in [-0.2, -0.15) is 0 Å². The molecule has 0 atom stereocenters. The number of rotatable bonds is 5. The molecule has 6 heteroatoms. The van der Waals surface area contributed by atoms with E-state index in [4.69, 9.17) is 0 Å². The second kappa shape index (κ2) is 7.34. The summed E-state index contributed by atoms with van der Waals surface area (Å²) in [6.07, 6.45) is 6.64. The highest BCUT2D eigenvalue weighted by Crippen LogP contribution is 2.23. The van der Waals surface area contributed by atoms with Crippen LogP contribution in [0.15, 0.2) is 24.3 Å². The van der Waals surface area contributed by atoms with E-state index >= 15 is 0 Å². The fourth-order valence-electron chi connectivity index (χ4n) is 3.02. The molecule has 1 amide bonds. The zero-order valence-electron chi connectivity index (χ0n) is 14.2. The van der Waals surface area contributed by atoms with E-state index in [-0.39, 0.29) is 18.5 Å². The average Bonchev–Trinajstić information content (AvgIpc) is 2.52. The minimum absolute atomic E-state index is 0.144. The highest BCUT2D eigenvalue weighted by molar-refractivity contribution is 7.92. The zero-order chi connectivity index (χ0) is 17.0. The number of nitrogens with zero attached hydrogens (tertiary/aromatic N) is 2. The van der Waals surface area contributed by atoms with E-state index in [9.17, 15) is 13.2 Å². The minimum Gasteiger partial charge on any atom is -0.341 e. The van der Waals surface area contributed by atoms with Crippen LogP contribution in [0, 0.1) is 6.92 Å². The monoisotopic (exact) mass is 338 g/mol. The molecule has 1 aromatic rings. The highest BCUT2D eigenvalue weighted by atomic mass is 32.2. The molecule has 0 radical (unpaired) electrons. The van der Waals surface area contributed by atoms with Gasteiger partial charge in [0.15, 0.2) is 0 Å². The van der Waals surface area contributed by atoms with Crippen LogP contribution in [0.2, 0.25) is 0 Å². The van der Waals surface area contributed by atoms with Gasteiger partial charge in [-0.25, -0.2) is 8.42 Å². The summed E-state index contributed by atoms with van der Waals surface area (Å²) in [5.41, 5.74) is 1.58. The number of likely N-dealkylation sites (N-methyl/N-ethyl adjacent to an activating group) is 1. The molecule has 0 bridgehead atoms. The molecular weight excluding hydrogens is 312 g/mol. The van der Waals surface area contributed by atoms with Crippen molar-refractivity contribution in [2.24, 2.45) is 0 Å². The first-order valence-corrected chi connectivity index (χ1v) is 9.94. The Balaban J connectivity index is 2.14. The number of anilines is 1. The van der Waals surface area contributed by atoms with Crippen molar-refractivity contribution >= 4 is 21.6 Å². The third-order valence-corrected chi connectivity index (χ3v) is 5.66. The largest absolute Gasteiger partial charge is 0.341 e. The van der Waals surface area contributed by atoms with E-state index < -0.39 is 10.0 Å². The first-order valence-electron chi connectivity index (χ1n) is 8.09. The molecule has 0 aromatic heterocycles. The summed E-state index contributed by atoms with van der Waals surface area (Å²) in [6, 6.07) is 7.41. The molecule has 0 spiro atoms. The fraction of sp³-hybridized carbons (Fsp3) is 0.588. The first-order chi connectivity index (χ1) is 10.8. The molecule has 0 saturated heterocycles. The quantitative estimate of drug-likeness (QED) is 0.829. The van der Waals surface area contributed by atoms with Crippen molar-refractivity contribution < 1.29 is 13.2 Å². The second-order valence-corrected chi connectivity index (χ2v) is 8.31. The number of benzene rings is 1. The summed E-state index contributed by atoms with van der Waals surface area (Å²) in [7, 11) is -1.72. The number of aryl methyl sites for hydroxylation is 1. The van der Waals surface area contributed by atoms with Crippen LogP contribution in [0.4, 0.5) is 5.69 Å². The topological polar surface area (TPSA) is 57.7 Å². The Labute approximate surface area is 139 Å². The maximum Gasteiger partial charge on any atom is 0.243 e. The van der Waals surface area contributed by atoms with Crippen molar-refractivity contribution in [3.8, 4) is 0 Å². The van der Waals surface area contributed by atoms with Crippen molar-refractivity contribution in [1.82, 2.24) is 4.90 Å². The van der Waals surface area contributed by atoms with E-state index in [1.165, 1.54) is 10.7 Å². The summed E-state index contributed by atoms with van der Waals surface area (Å²) in [4.78, 5) is 14.3. The smallest absolute Gasteiger partial charge is 0.243 e. The van der Waals surface area contributed by atoms with Gasteiger partial charge in [0.2, 0.25) is 15.9 Å². The Kier molecular flexibility index (Phi) is 5.68. The summed E-state index contributed by atoms with van der Waals surface area (Å²) in [6.45, 7) is 1.80. The number of amides is 1. The van der Waals surface area contributed by atoms with E-state index in [0.29, 0.717) is 5.69 Å². The van der Waals surface area contributed by atoms with Gasteiger partial charge in [-0.1, -0.05) is 37.0 Å². The van der Waals surface area contributed by atoms with Gasteiger partial charge in [-0.15, -0.1) is 0 Å². The number of hydrogen-bond donors (Lipinski definition) is 0. The Morgan fingerprint density at radius 3 is 2.22 bits per heavy atom. The molecule has 2 rings (SSSR count). The molecule has 5 nitrogen and oxygen atoms in total. The van der Waals surface area contributed by atoms with E-state index in [0.717, 1.165) is 37.5 Å². The van der Waals surface area contributed by atoms with E-state index in [1.807, 2.05) is 19.1 Å². The summed E-state index contributed by atoms with van der Waals surface area (Å²) in [5, 5.41) is 0. The van der Waals surface area contributed by atoms with E-state index in [1.54, 1.807) is 24.1 Å². The maximum absolute atomic E-state index is 12.6. The van der Waals surface area contributed by atoms with Crippen LogP contribution in [-0.2, 0) is 14.8 Å². The van der Waals surface area contributed by atoms with Crippen LogP contribution >= 0.6 is 0 Å². The highest BCUT2D eigenvalue weighted by Gasteiger charge is 2.26. The lowest BCUT2D eigenvalue weighted by Gasteiger charge is -2.33. The van der Waals surface area contributed by atoms with Gasteiger partial charge in [-0.3, -0.25) is 9.10 Å². The van der Waals surface area contributed by atoms with Gasteiger partial charge in [0.05, 0.1) is 11.9 Å². The van der Waals surface area contributed by atoms with Crippen molar-refractivity contribution in [2.75, 3.05) is 24.2 Å². The van der Waals surface area contributed by atoms with Gasteiger partial charge in [-0.05, 0) is 31.9 Å². The lowest BCUT2D eigenvalue weighted by molar-refractivity contribution is -0.130. The summed E-state index contributed by atoms with van der Waals surface area (Å²) >= 11 is 0. The number of hydrogen-bond acceptors (Lipinski definition) is 3. The van der Waals surface area contributed by atoms with Crippen LogP contribution in [0.5, 0.6) is 0 Å². The molecule has 1 fully saturated rings. The zero-order valence-corrected chi connectivity index (χ0v) is 15.0. The molecule has 1 saturated carbocycles. The predicted octanol–water partition coefficient (Wildman–Crippen LogP) is 2.55. The van der Waals surface area contributed by atoms with Gasteiger partial charge in [0.1, 0.15) is 6.54 Å². The molecule has 23 heavy (non-hydrogen) atoms. The van der Waals surface area contributed by atoms with Crippen molar-refractivity contribution in [3.63, 3.8) is 0 Å². The molecule has 1 aromatic carbocycles. The van der Waals surface area contributed by atoms with Gasteiger partial charge in [0.25, 0.3) is 0 Å². The third kappa shape index (κ3) is 4.70. The molecule has 1 aliphatic carbocycles. The lowest BCUT2D eigenvalue weighted by Crippen LogP contribution is -2.45. The molecule has 0 N–H and O–H groups in total. The van der Waals surface area contributed by atoms with E-state index in [2.05, 4.69) is 0 Å². The lowest BCUT2D eigenvalue weighted by atomic mass is 9.94. The minimum atomic E-state index is -3.50. The van der Waals surface area contributed by atoms with Crippen LogP contribution < -0.4 is 4.31 Å². The Hall–Kier alpha value is -1.56. The summed E-state index contributed by atoms with van der Waals surface area (Å²) < 4.78 is 25.4. The standard InChI is InChI=1S/C17H26N2O3S/c1-14-9-11-16(12-10-14)19(23(3,21)22)13-17(20)18(2)15-7-5-4-6-8-15/h9-12,15H,4-8,13H2,1-3H3. The molecule has 0 heterocycles. The van der Waals surface area contributed by atoms with Crippen LogP contribution in [0.1, 0.15) is 37.7 Å². The van der Waals surface area contributed by atoms with Crippen LogP contribution in [0.3, 0.4) is 0 Å². The van der Waals surface area contributed by atoms with Crippen molar-refractivity contribution in [3.05, 3.63) is 29.8 Å². The SMILES string of the molecule is Cc1ccc(N(CC(=O)N(C)C2CCCCC2)S(C)(=O)=O)cc1. The third-order valence-electron chi connectivity index (χ3n) is 4.52. The Morgan fingerprint density at radius 1 is 1.13 bits per heavy atom. The van der Waals surface area contributed by atoms with Gasteiger partial charge in [0, 0.05) is 13.1 Å². The Bertz CT molecular complexity index is 634. The first kappa shape index (κ1) is 17.8. The van der Waals surface area contributed by atoms with Gasteiger partial charge < -0.3 is 4.90 Å².